The lowest BCUT2D eigenvalue weighted by Crippen LogP contribution is -2.44. The SMILES string of the molecule is O=C(CC1(c2ccccc2)CC(=O)N(Cc2cccs2)C1=O)N1CCc2ccccc2C1. The highest BCUT2D eigenvalue weighted by Gasteiger charge is 2.54. The van der Waals surface area contributed by atoms with Crippen LogP contribution in [0.4, 0.5) is 0 Å². The summed E-state index contributed by atoms with van der Waals surface area (Å²) in [5, 5.41) is 1.93. The van der Waals surface area contributed by atoms with E-state index in [2.05, 4.69) is 12.1 Å². The van der Waals surface area contributed by atoms with Crippen molar-refractivity contribution in [2.45, 2.75) is 37.8 Å². The van der Waals surface area contributed by atoms with E-state index < -0.39 is 5.41 Å². The van der Waals surface area contributed by atoms with Crippen LogP contribution in [-0.4, -0.2) is 34.1 Å². The third kappa shape index (κ3) is 3.65. The average molecular weight is 445 g/mol. The minimum absolute atomic E-state index is 0.00466. The third-order valence-corrected chi connectivity index (χ3v) is 7.43. The van der Waals surface area contributed by atoms with Gasteiger partial charge >= 0.3 is 0 Å². The summed E-state index contributed by atoms with van der Waals surface area (Å²) >= 11 is 1.52. The van der Waals surface area contributed by atoms with Crippen LogP contribution >= 0.6 is 11.3 Å². The Morgan fingerprint density at radius 2 is 1.69 bits per heavy atom. The number of fused-ring (bicyclic) bond motifs is 1. The van der Waals surface area contributed by atoms with E-state index in [0.717, 1.165) is 22.4 Å². The summed E-state index contributed by atoms with van der Waals surface area (Å²) in [6, 6.07) is 21.3. The number of carbonyl (C=O) groups is 3. The van der Waals surface area contributed by atoms with Crippen molar-refractivity contribution in [1.82, 2.24) is 9.80 Å². The van der Waals surface area contributed by atoms with Crippen LogP contribution < -0.4 is 0 Å². The van der Waals surface area contributed by atoms with Crippen molar-refractivity contribution in [2.24, 2.45) is 0 Å². The molecule has 2 aliphatic heterocycles. The van der Waals surface area contributed by atoms with Crippen molar-refractivity contribution in [3.63, 3.8) is 0 Å². The molecule has 1 saturated heterocycles. The molecule has 6 heteroatoms. The van der Waals surface area contributed by atoms with Crippen molar-refractivity contribution in [3.05, 3.63) is 93.7 Å². The van der Waals surface area contributed by atoms with Gasteiger partial charge in [0, 0.05) is 30.8 Å². The predicted molar refractivity (Wildman–Crippen MR) is 123 cm³/mol. The van der Waals surface area contributed by atoms with Crippen LogP contribution in [0.1, 0.15) is 34.4 Å². The number of thiophene rings is 1. The van der Waals surface area contributed by atoms with E-state index in [1.807, 2.05) is 64.9 Å². The molecule has 162 valence electrons. The van der Waals surface area contributed by atoms with E-state index in [1.165, 1.54) is 21.8 Å². The quantitative estimate of drug-likeness (QED) is 0.561. The maximum atomic E-state index is 13.7. The van der Waals surface area contributed by atoms with E-state index in [0.29, 0.717) is 13.1 Å². The van der Waals surface area contributed by atoms with Crippen LogP contribution in [0.5, 0.6) is 0 Å². The smallest absolute Gasteiger partial charge is 0.241 e. The molecule has 32 heavy (non-hydrogen) atoms. The third-order valence-electron chi connectivity index (χ3n) is 6.57. The number of hydrogen-bond acceptors (Lipinski definition) is 4. The molecular weight excluding hydrogens is 420 g/mol. The van der Waals surface area contributed by atoms with Gasteiger partial charge in [0.2, 0.25) is 17.7 Å². The van der Waals surface area contributed by atoms with Gasteiger partial charge in [-0.05, 0) is 34.6 Å². The minimum atomic E-state index is -1.15. The summed E-state index contributed by atoms with van der Waals surface area (Å²) in [5.41, 5.74) is 2.00. The molecule has 3 amide bonds. The molecule has 1 fully saturated rings. The highest BCUT2D eigenvalue weighted by Crippen LogP contribution is 2.41. The fourth-order valence-corrected chi connectivity index (χ4v) is 5.51. The van der Waals surface area contributed by atoms with Gasteiger partial charge in [-0.25, -0.2) is 0 Å². The van der Waals surface area contributed by atoms with Gasteiger partial charge in [0.25, 0.3) is 0 Å². The summed E-state index contributed by atoms with van der Waals surface area (Å²) in [4.78, 5) is 44.3. The largest absolute Gasteiger partial charge is 0.338 e. The highest BCUT2D eigenvalue weighted by atomic mass is 32.1. The summed E-state index contributed by atoms with van der Waals surface area (Å²) in [6.07, 6.45) is 0.833. The fourth-order valence-electron chi connectivity index (χ4n) is 4.82. The van der Waals surface area contributed by atoms with Crippen LogP contribution in [0.3, 0.4) is 0 Å². The number of hydrogen-bond donors (Lipinski definition) is 0. The number of imide groups is 1. The Morgan fingerprint density at radius 3 is 2.44 bits per heavy atom. The van der Waals surface area contributed by atoms with Crippen molar-refractivity contribution in [3.8, 4) is 0 Å². The first kappa shape index (κ1) is 20.6. The average Bonchev–Trinajstić information content (AvgIpc) is 3.42. The van der Waals surface area contributed by atoms with Crippen LogP contribution in [-0.2, 0) is 39.3 Å². The molecule has 5 rings (SSSR count). The van der Waals surface area contributed by atoms with E-state index in [9.17, 15) is 14.4 Å². The summed E-state index contributed by atoms with van der Waals surface area (Å²) in [7, 11) is 0. The Morgan fingerprint density at radius 1 is 0.938 bits per heavy atom. The maximum absolute atomic E-state index is 13.7. The molecular formula is C26H24N2O3S. The number of benzene rings is 2. The monoisotopic (exact) mass is 444 g/mol. The van der Waals surface area contributed by atoms with Crippen LogP contribution in [0.25, 0.3) is 0 Å². The Labute approximate surface area is 191 Å². The topological polar surface area (TPSA) is 57.7 Å². The molecule has 0 aliphatic carbocycles. The minimum Gasteiger partial charge on any atom is -0.338 e. The summed E-state index contributed by atoms with van der Waals surface area (Å²) in [5.74, 6) is -0.570. The Balaban J connectivity index is 1.44. The van der Waals surface area contributed by atoms with Gasteiger partial charge in [0.05, 0.1) is 12.0 Å². The maximum Gasteiger partial charge on any atom is 0.241 e. The van der Waals surface area contributed by atoms with Crippen molar-refractivity contribution in [1.29, 1.82) is 0 Å². The first-order chi connectivity index (χ1) is 15.6. The first-order valence-electron chi connectivity index (χ1n) is 10.8. The zero-order valence-electron chi connectivity index (χ0n) is 17.7. The second-order valence-corrected chi connectivity index (χ2v) is 9.53. The molecule has 3 aromatic rings. The lowest BCUT2D eigenvalue weighted by molar-refractivity contribution is -0.143. The van der Waals surface area contributed by atoms with Gasteiger partial charge in [-0.15, -0.1) is 11.3 Å². The molecule has 0 radical (unpaired) electrons. The molecule has 1 unspecified atom stereocenters. The predicted octanol–water partition coefficient (Wildman–Crippen LogP) is 3.92. The van der Waals surface area contributed by atoms with E-state index >= 15 is 0 Å². The number of carbonyl (C=O) groups excluding carboxylic acids is 3. The summed E-state index contributed by atoms with van der Waals surface area (Å²) < 4.78 is 0. The molecule has 1 aromatic heterocycles. The van der Waals surface area contributed by atoms with Crippen LogP contribution in [0.15, 0.2) is 72.1 Å². The normalized spacial score (nSPS) is 20.5. The molecule has 2 aliphatic rings. The molecule has 0 saturated carbocycles. The lowest BCUT2D eigenvalue weighted by Gasteiger charge is -2.33. The molecule has 2 aromatic carbocycles. The summed E-state index contributed by atoms with van der Waals surface area (Å²) in [6.45, 7) is 1.43. The van der Waals surface area contributed by atoms with Crippen molar-refractivity contribution >= 4 is 29.1 Å². The van der Waals surface area contributed by atoms with Gasteiger partial charge in [-0.3, -0.25) is 19.3 Å². The second-order valence-electron chi connectivity index (χ2n) is 8.50. The van der Waals surface area contributed by atoms with Gasteiger partial charge < -0.3 is 4.90 Å². The lowest BCUT2D eigenvalue weighted by atomic mass is 9.75. The first-order valence-corrected chi connectivity index (χ1v) is 11.7. The second kappa shape index (κ2) is 8.36. The number of rotatable bonds is 5. The van der Waals surface area contributed by atoms with E-state index in [1.54, 1.807) is 0 Å². The van der Waals surface area contributed by atoms with Crippen LogP contribution in [0.2, 0.25) is 0 Å². The molecule has 5 nitrogen and oxygen atoms in total. The van der Waals surface area contributed by atoms with Crippen molar-refractivity contribution in [2.75, 3.05) is 6.54 Å². The standard InChI is InChI=1S/C26H24N2O3S/c29-23(27-13-12-19-7-4-5-8-20(19)17-27)15-26(21-9-2-1-3-10-21)16-24(30)28(25(26)31)18-22-11-6-14-32-22/h1-11,14H,12-13,15-18H2. The van der Waals surface area contributed by atoms with Gasteiger partial charge in [-0.1, -0.05) is 60.7 Å². The Bertz CT molecular complexity index is 1160. The highest BCUT2D eigenvalue weighted by molar-refractivity contribution is 7.09. The van der Waals surface area contributed by atoms with Gasteiger partial charge in [-0.2, -0.15) is 0 Å². The molecule has 0 bridgehead atoms. The number of nitrogens with zero attached hydrogens (tertiary/aromatic N) is 2. The van der Waals surface area contributed by atoms with E-state index in [-0.39, 0.29) is 37.1 Å². The Kier molecular flexibility index (Phi) is 5.39. The molecule has 0 N–H and O–H groups in total. The van der Waals surface area contributed by atoms with Crippen molar-refractivity contribution < 1.29 is 14.4 Å². The van der Waals surface area contributed by atoms with E-state index in [4.69, 9.17) is 0 Å². The zero-order chi connectivity index (χ0) is 22.1. The molecule has 0 spiro atoms. The number of amides is 3. The number of likely N-dealkylation sites (tertiary alicyclic amines) is 1. The van der Waals surface area contributed by atoms with Gasteiger partial charge in [0.15, 0.2) is 0 Å². The molecule has 3 heterocycles. The van der Waals surface area contributed by atoms with Gasteiger partial charge in [0.1, 0.15) is 0 Å². The molecule has 1 atom stereocenters. The fraction of sp³-hybridized carbons (Fsp3) is 0.269. The van der Waals surface area contributed by atoms with Crippen LogP contribution in [0, 0.1) is 0 Å². The Hall–Kier alpha value is -3.25. The zero-order valence-corrected chi connectivity index (χ0v) is 18.5.